The molecular weight excluding hydrogens is 1150 g/mol. The van der Waals surface area contributed by atoms with Crippen LogP contribution in [0.2, 0.25) is 0 Å². The lowest BCUT2D eigenvalue weighted by atomic mass is 9.91. The number of rotatable bonds is 16. The Morgan fingerprint density at radius 2 is 0.921 bits per heavy atom. The van der Waals surface area contributed by atoms with Gasteiger partial charge in [-0.2, -0.15) is 0 Å². The van der Waals surface area contributed by atoms with Crippen molar-refractivity contribution in [3.63, 3.8) is 0 Å². The molecule has 10 unspecified atom stereocenters. The smallest absolute Gasteiger partial charge is 0.438 e. The first-order chi connectivity index (χ1) is 41.1. The Hall–Kier alpha value is -6.82. The fourth-order valence-electron chi connectivity index (χ4n) is 11.0. The van der Waals surface area contributed by atoms with E-state index in [1.54, 1.807) is 60.6 Å². The molecule has 0 aromatic heterocycles. The number of likely N-dealkylation sites (N-methyl/N-ethyl adjacent to an activating group) is 7. The predicted octanol–water partition coefficient (Wildman–Crippen LogP) is 4.06. The normalized spacial score (nSPS) is 26.1. The minimum Gasteiger partial charge on any atom is -0.438 e. The van der Waals surface area contributed by atoms with E-state index in [0.29, 0.717) is 0 Å². The Morgan fingerprint density at radius 3 is 1.37 bits per heavy atom. The number of nitrogens with zero attached hydrogens (tertiary/aromatic N) is 7. The standard InChI is InChI=1S/C64H113N11O14/c1-26-28-29-41(15)53(89-64(87)88-25)52-57(80)67-44(27-2)59(82)69(18)34-49(76)70(19)45(30-35(3)4)56(79)68-50(39(11)12)62(85)71(20)46(31-36(5)6)55(78)65-42(16)54(77)66-43(17)58(81)72(21)47(32-37(7)8)60(83)73(22)48(33-38(9)10)61(84)74(23)51(40(13)14)63(86)75(52)24/h26,28,35-48,50-53H,27,29-34H2,1-25H3,(H,65,78)(H,66,77)(H,67,80)(H,68,79)/b28-26+/t41-,42?,43?,44?,45+,46?,47?,48?,50?,51?,52?,53?/m1/s1. The van der Waals surface area contributed by atoms with Crippen LogP contribution >= 0.6 is 0 Å². The number of methoxy groups -OCH3 is 1. The molecular formula is C64H113N11O14. The van der Waals surface area contributed by atoms with Gasteiger partial charge in [-0.15, -0.1) is 0 Å². The van der Waals surface area contributed by atoms with Crippen molar-refractivity contribution in [1.82, 2.24) is 55.6 Å². The molecule has 1 aliphatic rings. The summed E-state index contributed by atoms with van der Waals surface area (Å²) in [6.45, 7) is 29.1. The van der Waals surface area contributed by atoms with Crippen molar-refractivity contribution in [1.29, 1.82) is 0 Å². The average Bonchev–Trinajstić information content (AvgIpc) is 2.57. The number of allylic oxidation sites excluding steroid dienone is 2. The molecule has 89 heavy (non-hydrogen) atoms. The summed E-state index contributed by atoms with van der Waals surface area (Å²) in [5.41, 5.74) is 0. The molecule has 0 bridgehead atoms. The monoisotopic (exact) mass is 1260 g/mol. The predicted molar refractivity (Wildman–Crippen MR) is 340 cm³/mol. The maximum atomic E-state index is 15.4. The number of nitrogens with one attached hydrogen (secondary N) is 4. The molecule has 0 saturated carbocycles. The lowest BCUT2D eigenvalue weighted by Crippen LogP contribution is -2.64. The van der Waals surface area contributed by atoms with Gasteiger partial charge >= 0.3 is 6.16 Å². The molecule has 25 nitrogen and oxygen atoms in total. The van der Waals surface area contributed by atoms with Crippen LogP contribution in [0.4, 0.5) is 4.79 Å². The maximum absolute atomic E-state index is 15.4. The number of hydrogen-bond donors (Lipinski definition) is 4. The van der Waals surface area contributed by atoms with Crippen LogP contribution in [0, 0.1) is 41.4 Å². The van der Waals surface area contributed by atoms with Gasteiger partial charge in [0.2, 0.25) is 65.0 Å². The number of carbonyl (C=O) groups is 12. The number of amides is 11. The summed E-state index contributed by atoms with van der Waals surface area (Å²) >= 11 is 0. The molecule has 0 spiro atoms. The first kappa shape index (κ1) is 80.2. The number of ether oxygens (including phenoxy) is 2. The van der Waals surface area contributed by atoms with Gasteiger partial charge in [-0.05, 0) is 101 Å². The van der Waals surface area contributed by atoms with E-state index < -0.39 is 162 Å². The fourth-order valence-corrected chi connectivity index (χ4v) is 11.0. The summed E-state index contributed by atoms with van der Waals surface area (Å²) in [7, 11) is 10.9. The van der Waals surface area contributed by atoms with E-state index in [-0.39, 0.29) is 62.2 Å². The van der Waals surface area contributed by atoms with Gasteiger partial charge in [-0.3, -0.25) is 52.7 Å². The Balaban J connectivity index is 4.46. The van der Waals surface area contributed by atoms with Gasteiger partial charge in [-0.25, -0.2) is 4.79 Å². The van der Waals surface area contributed by atoms with Crippen LogP contribution in [0.5, 0.6) is 0 Å². The van der Waals surface area contributed by atoms with Crippen molar-refractivity contribution in [2.24, 2.45) is 41.4 Å². The number of hydrogen-bond acceptors (Lipinski definition) is 14. The topological polar surface area (TPSA) is 294 Å². The van der Waals surface area contributed by atoms with Crippen LogP contribution in [0.25, 0.3) is 0 Å². The quantitative estimate of drug-likeness (QED) is 0.125. The first-order valence-corrected chi connectivity index (χ1v) is 31.6. The molecule has 4 N–H and O–H groups in total. The third-order valence-corrected chi connectivity index (χ3v) is 16.4. The van der Waals surface area contributed by atoms with Crippen LogP contribution in [-0.2, 0) is 62.2 Å². The second-order valence-corrected chi connectivity index (χ2v) is 26.6. The van der Waals surface area contributed by atoms with E-state index in [0.717, 1.165) is 16.9 Å². The van der Waals surface area contributed by atoms with Gasteiger partial charge in [0.1, 0.15) is 66.5 Å². The van der Waals surface area contributed by atoms with Gasteiger partial charge in [-0.1, -0.05) is 109 Å². The van der Waals surface area contributed by atoms with Gasteiger partial charge in [0, 0.05) is 49.3 Å². The van der Waals surface area contributed by atoms with E-state index in [1.807, 2.05) is 55.4 Å². The van der Waals surface area contributed by atoms with E-state index in [2.05, 4.69) is 21.3 Å². The highest BCUT2D eigenvalue weighted by Crippen LogP contribution is 2.27. The highest BCUT2D eigenvalue weighted by molar-refractivity contribution is 5.99. The molecule has 508 valence electrons. The van der Waals surface area contributed by atoms with Crippen molar-refractivity contribution in [3.8, 4) is 0 Å². The van der Waals surface area contributed by atoms with Gasteiger partial charge in [0.05, 0.1) is 13.7 Å². The third-order valence-electron chi connectivity index (χ3n) is 16.4. The Kier molecular flexibility index (Phi) is 33.1. The lowest BCUT2D eigenvalue weighted by Gasteiger charge is -2.42. The molecule has 1 saturated heterocycles. The summed E-state index contributed by atoms with van der Waals surface area (Å²) in [5.74, 6) is -10.2. The minimum atomic E-state index is -1.68. The van der Waals surface area contributed by atoms with Gasteiger partial charge in [0.15, 0.2) is 0 Å². The fraction of sp³-hybridized carbons (Fsp3) is 0.781. The molecule has 1 rings (SSSR count). The van der Waals surface area contributed by atoms with Crippen LogP contribution in [-0.4, -0.2) is 235 Å². The molecule has 0 aromatic carbocycles. The van der Waals surface area contributed by atoms with Gasteiger partial charge < -0.3 is 65.0 Å². The molecule has 1 heterocycles. The van der Waals surface area contributed by atoms with Crippen LogP contribution in [0.3, 0.4) is 0 Å². The summed E-state index contributed by atoms with van der Waals surface area (Å²) in [6.07, 6.45) is 1.69. The minimum absolute atomic E-state index is 0.0263. The first-order valence-electron chi connectivity index (χ1n) is 31.6. The molecule has 12 atom stereocenters. The average molecular weight is 1260 g/mol. The van der Waals surface area contributed by atoms with E-state index in [4.69, 9.17) is 9.47 Å². The highest BCUT2D eigenvalue weighted by atomic mass is 16.7. The second kappa shape index (κ2) is 36.7. The zero-order valence-corrected chi connectivity index (χ0v) is 58.3. The van der Waals surface area contributed by atoms with Crippen molar-refractivity contribution >= 4 is 71.1 Å². The summed E-state index contributed by atoms with van der Waals surface area (Å²) in [5, 5.41) is 11.0. The maximum Gasteiger partial charge on any atom is 0.508 e. The van der Waals surface area contributed by atoms with Crippen LogP contribution in [0.15, 0.2) is 12.2 Å². The van der Waals surface area contributed by atoms with E-state index >= 15 is 19.2 Å². The Bertz CT molecular complexity index is 2470. The SMILES string of the molecule is C/C=C/C[C@@H](C)C(OC(=O)OC)C1C(=O)NC(CC)C(=O)N(C)CC(=O)N(C)[C@@H](CC(C)C)C(=O)NC(C(C)C)C(=O)N(C)C(CC(C)C)C(=O)NC(C)C(=O)NC(C)C(=O)N(C)C(CC(C)C)C(=O)N(C)C(CC(C)C)C(=O)N(C)C(C(C)C)C(=O)N1C. The zero-order valence-electron chi connectivity index (χ0n) is 58.3. The molecule has 1 fully saturated rings. The molecule has 11 amide bonds. The zero-order chi connectivity index (χ0) is 69.0. The van der Waals surface area contributed by atoms with Gasteiger partial charge in [0.25, 0.3) is 0 Å². The molecule has 0 aliphatic carbocycles. The van der Waals surface area contributed by atoms with Crippen LogP contribution in [0.1, 0.15) is 156 Å². The summed E-state index contributed by atoms with van der Waals surface area (Å²) in [6, 6.07) is -12.7. The third kappa shape index (κ3) is 22.9. The summed E-state index contributed by atoms with van der Waals surface area (Å²) in [4.78, 5) is 183. The lowest BCUT2D eigenvalue weighted by molar-refractivity contribution is -0.158. The number of carbonyl (C=O) groups excluding carboxylic acids is 12. The highest BCUT2D eigenvalue weighted by Gasteiger charge is 2.47. The van der Waals surface area contributed by atoms with Crippen molar-refractivity contribution in [2.45, 2.75) is 223 Å². The summed E-state index contributed by atoms with van der Waals surface area (Å²) < 4.78 is 10.8. The van der Waals surface area contributed by atoms with Crippen LogP contribution < -0.4 is 21.3 Å². The largest absolute Gasteiger partial charge is 0.508 e. The van der Waals surface area contributed by atoms with Crippen molar-refractivity contribution < 1.29 is 67.0 Å². The Labute approximate surface area is 531 Å². The van der Waals surface area contributed by atoms with Crippen molar-refractivity contribution in [2.75, 3.05) is 63.0 Å². The Morgan fingerprint density at radius 1 is 0.494 bits per heavy atom. The molecule has 1 aliphatic heterocycles. The second-order valence-electron chi connectivity index (χ2n) is 26.6. The van der Waals surface area contributed by atoms with E-state index in [1.165, 1.54) is 87.7 Å². The molecule has 0 aromatic rings. The van der Waals surface area contributed by atoms with Crippen molar-refractivity contribution in [3.05, 3.63) is 12.2 Å². The van der Waals surface area contributed by atoms with E-state index in [9.17, 15) is 38.4 Å². The molecule has 25 heteroatoms. The molecule has 0 radical (unpaired) electrons.